The van der Waals surface area contributed by atoms with E-state index in [1.54, 1.807) is 30.3 Å². The summed E-state index contributed by atoms with van der Waals surface area (Å²) < 4.78 is 10.6. The van der Waals surface area contributed by atoms with Crippen LogP contribution in [-0.4, -0.2) is 25.2 Å². The molecule has 23 heavy (non-hydrogen) atoms. The summed E-state index contributed by atoms with van der Waals surface area (Å²) in [5, 5.41) is 2.76. The Balaban J connectivity index is 1.74. The topological polar surface area (TPSA) is 67.9 Å². The van der Waals surface area contributed by atoms with Gasteiger partial charge in [0, 0.05) is 24.4 Å². The SMILES string of the molecule is CC(=O)N(CC(=O)Nc1ccccc1)c1ccc2c(c1)OCO2. The average molecular weight is 312 g/mol. The number of anilines is 2. The number of benzene rings is 2. The van der Waals surface area contributed by atoms with Gasteiger partial charge in [0.1, 0.15) is 6.54 Å². The van der Waals surface area contributed by atoms with Gasteiger partial charge < -0.3 is 19.7 Å². The third-order valence-corrected chi connectivity index (χ3v) is 3.41. The Bertz CT molecular complexity index is 731. The van der Waals surface area contributed by atoms with Crippen molar-refractivity contribution in [1.29, 1.82) is 0 Å². The molecule has 0 saturated carbocycles. The lowest BCUT2D eigenvalue weighted by Crippen LogP contribution is -2.36. The van der Waals surface area contributed by atoms with Gasteiger partial charge in [-0.15, -0.1) is 0 Å². The molecular weight excluding hydrogens is 296 g/mol. The van der Waals surface area contributed by atoms with E-state index in [4.69, 9.17) is 9.47 Å². The highest BCUT2D eigenvalue weighted by molar-refractivity contribution is 6.01. The number of carbonyl (C=O) groups is 2. The van der Waals surface area contributed by atoms with Gasteiger partial charge in [0.2, 0.25) is 18.6 Å². The molecule has 118 valence electrons. The van der Waals surface area contributed by atoms with Crippen molar-refractivity contribution in [3.8, 4) is 11.5 Å². The number of carbonyl (C=O) groups excluding carboxylic acids is 2. The van der Waals surface area contributed by atoms with E-state index >= 15 is 0 Å². The summed E-state index contributed by atoms with van der Waals surface area (Å²) in [4.78, 5) is 25.5. The molecule has 1 N–H and O–H groups in total. The van der Waals surface area contributed by atoms with Crippen molar-refractivity contribution >= 4 is 23.2 Å². The first-order chi connectivity index (χ1) is 11.1. The molecule has 1 aliphatic heterocycles. The van der Waals surface area contributed by atoms with Crippen molar-refractivity contribution < 1.29 is 19.1 Å². The Morgan fingerprint density at radius 3 is 2.57 bits per heavy atom. The van der Waals surface area contributed by atoms with Gasteiger partial charge >= 0.3 is 0 Å². The second-order valence-corrected chi connectivity index (χ2v) is 5.06. The molecule has 0 spiro atoms. The highest BCUT2D eigenvalue weighted by Crippen LogP contribution is 2.35. The first-order valence-electron chi connectivity index (χ1n) is 7.16. The first kappa shape index (κ1) is 14.9. The standard InChI is InChI=1S/C17H16N2O4/c1-12(20)19(10-17(21)18-13-5-3-2-4-6-13)14-7-8-15-16(9-14)23-11-22-15/h2-9H,10-11H2,1H3,(H,18,21). The molecule has 0 unspecified atom stereocenters. The molecule has 1 heterocycles. The third-order valence-electron chi connectivity index (χ3n) is 3.41. The number of nitrogens with zero attached hydrogens (tertiary/aromatic N) is 1. The van der Waals surface area contributed by atoms with Crippen LogP contribution in [0.2, 0.25) is 0 Å². The minimum Gasteiger partial charge on any atom is -0.454 e. The lowest BCUT2D eigenvalue weighted by molar-refractivity contribution is -0.120. The first-order valence-corrected chi connectivity index (χ1v) is 7.16. The van der Waals surface area contributed by atoms with Crippen LogP contribution >= 0.6 is 0 Å². The Labute approximate surface area is 133 Å². The van der Waals surface area contributed by atoms with Crippen LogP contribution in [0.25, 0.3) is 0 Å². The molecule has 0 aliphatic carbocycles. The maximum atomic E-state index is 12.2. The Hall–Kier alpha value is -3.02. The molecule has 0 aromatic heterocycles. The number of fused-ring (bicyclic) bond motifs is 1. The molecule has 0 saturated heterocycles. The Kier molecular flexibility index (Phi) is 4.14. The molecule has 0 fully saturated rings. The predicted octanol–water partition coefficient (Wildman–Crippen LogP) is 2.41. The molecule has 0 radical (unpaired) electrons. The predicted molar refractivity (Wildman–Crippen MR) is 85.7 cm³/mol. The van der Waals surface area contributed by atoms with Crippen molar-refractivity contribution in [2.75, 3.05) is 23.6 Å². The van der Waals surface area contributed by atoms with Crippen LogP contribution in [0.15, 0.2) is 48.5 Å². The maximum absolute atomic E-state index is 12.2. The van der Waals surface area contributed by atoms with E-state index in [9.17, 15) is 9.59 Å². The summed E-state index contributed by atoms with van der Waals surface area (Å²) >= 11 is 0. The second kappa shape index (κ2) is 6.39. The van der Waals surface area contributed by atoms with Gasteiger partial charge in [-0.1, -0.05) is 18.2 Å². The molecule has 0 bridgehead atoms. The van der Waals surface area contributed by atoms with Crippen molar-refractivity contribution in [3.05, 3.63) is 48.5 Å². The molecule has 2 amide bonds. The van der Waals surface area contributed by atoms with E-state index in [1.807, 2.05) is 18.2 Å². The zero-order valence-corrected chi connectivity index (χ0v) is 12.6. The fourth-order valence-corrected chi connectivity index (χ4v) is 2.30. The smallest absolute Gasteiger partial charge is 0.244 e. The number of ether oxygens (including phenoxy) is 2. The van der Waals surface area contributed by atoms with Gasteiger partial charge in [-0.3, -0.25) is 9.59 Å². The Morgan fingerprint density at radius 1 is 1.09 bits per heavy atom. The van der Waals surface area contributed by atoms with Gasteiger partial charge in [0.15, 0.2) is 11.5 Å². The minimum atomic E-state index is -0.274. The molecule has 6 heteroatoms. The van der Waals surface area contributed by atoms with E-state index in [-0.39, 0.29) is 25.2 Å². The van der Waals surface area contributed by atoms with Crippen LogP contribution in [-0.2, 0) is 9.59 Å². The summed E-state index contributed by atoms with van der Waals surface area (Å²) in [5.74, 6) is 0.694. The maximum Gasteiger partial charge on any atom is 0.244 e. The Morgan fingerprint density at radius 2 is 1.83 bits per heavy atom. The lowest BCUT2D eigenvalue weighted by atomic mass is 10.2. The van der Waals surface area contributed by atoms with Crippen molar-refractivity contribution in [3.63, 3.8) is 0 Å². The van der Waals surface area contributed by atoms with E-state index in [0.29, 0.717) is 22.9 Å². The summed E-state index contributed by atoms with van der Waals surface area (Å²) in [7, 11) is 0. The van der Waals surface area contributed by atoms with Crippen LogP contribution in [0.4, 0.5) is 11.4 Å². The van der Waals surface area contributed by atoms with E-state index in [0.717, 1.165) is 0 Å². The van der Waals surface area contributed by atoms with E-state index < -0.39 is 0 Å². The van der Waals surface area contributed by atoms with Crippen LogP contribution < -0.4 is 19.7 Å². The molecule has 3 rings (SSSR count). The number of rotatable bonds is 4. The average Bonchev–Trinajstić information content (AvgIpc) is 3.01. The van der Waals surface area contributed by atoms with Crippen LogP contribution in [0.5, 0.6) is 11.5 Å². The van der Waals surface area contributed by atoms with Crippen LogP contribution in [0.3, 0.4) is 0 Å². The molecule has 2 aromatic rings. The fraction of sp³-hybridized carbons (Fsp3) is 0.176. The largest absolute Gasteiger partial charge is 0.454 e. The summed E-state index contributed by atoms with van der Waals surface area (Å²) in [6.45, 7) is 1.50. The van der Waals surface area contributed by atoms with Gasteiger partial charge in [-0.05, 0) is 24.3 Å². The third kappa shape index (κ3) is 3.42. The minimum absolute atomic E-state index is 0.0795. The molecular formula is C17H16N2O4. The zero-order chi connectivity index (χ0) is 16.2. The fourth-order valence-electron chi connectivity index (χ4n) is 2.30. The van der Waals surface area contributed by atoms with Gasteiger partial charge in [0.25, 0.3) is 0 Å². The zero-order valence-electron chi connectivity index (χ0n) is 12.6. The lowest BCUT2D eigenvalue weighted by Gasteiger charge is -2.21. The van der Waals surface area contributed by atoms with E-state index in [2.05, 4.69) is 5.32 Å². The van der Waals surface area contributed by atoms with Crippen molar-refractivity contribution in [1.82, 2.24) is 0 Å². The summed E-state index contributed by atoms with van der Waals surface area (Å²) in [6, 6.07) is 14.2. The molecule has 6 nitrogen and oxygen atoms in total. The monoisotopic (exact) mass is 312 g/mol. The van der Waals surface area contributed by atoms with Crippen molar-refractivity contribution in [2.24, 2.45) is 0 Å². The summed E-state index contributed by atoms with van der Waals surface area (Å²) in [5.41, 5.74) is 1.27. The van der Waals surface area contributed by atoms with E-state index in [1.165, 1.54) is 11.8 Å². The number of amides is 2. The normalized spacial score (nSPS) is 11.9. The van der Waals surface area contributed by atoms with Crippen molar-refractivity contribution in [2.45, 2.75) is 6.92 Å². The van der Waals surface area contributed by atoms with Gasteiger partial charge in [-0.25, -0.2) is 0 Å². The molecule has 0 atom stereocenters. The second-order valence-electron chi connectivity index (χ2n) is 5.06. The van der Waals surface area contributed by atoms with Gasteiger partial charge in [-0.2, -0.15) is 0 Å². The van der Waals surface area contributed by atoms with Crippen LogP contribution in [0.1, 0.15) is 6.92 Å². The number of para-hydroxylation sites is 1. The number of hydrogen-bond donors (Lipinski definition) is 1. The van der Waals surface area contributed by atoms with Crippen LogP contribution in [0, 0.1) is 0 Å². The molecule has 2 aromatic carbocycles. The highest BCUT2D eigenvalue weighted by Gasteiger charge is 2.20. The quantitative estimate of drug-likeness (QED) is 0.941. The number of hydrogen-bond acceptors (Lipinski definition) is 4. The van der Waals surface area contributed by atoms with Gasteiger partial charge in [0.05, 0.1) is 0 Å². The summed E-state index contributed by atoms with van der Waals surface area (Å²) in [6.07, 6.45) is 0. The highest BCUT2D eigenvalue weighted by atomic mass is 16.7. The number of nitrogens with one attached hydrogen (secondary N) is 1. The molecule has 1 aliphatic rings.